The molecule has 6 heteroatoms. The smallest absolute Gasteiger partial charge is 0.222 e. The molecule has 0 saturated carbocycles. The van der Waals surface area contributed by atoms with Gasteiger partial charge in [0.2, 0.25) is 11.1 Å². The molecule has 0 spiro atoms. The number of rotatable bonds is 0. The Balaban J connectivity index is 2.52. The summed E-state index contributed by atoms with van der Waals surface area (Å²) in [7, 11) is 0. The maximum absolute atomic E-state index is 8.81. The zero-order valence-electron chi connectivity index (χ0n) is 7.78. The van der Waals surface area contributed by atoms with E-state index in [1.807, 2.05) is 12.1 Å². The van der Waals surface area contributed by atoms with Crippen molar-refractivity contribution in [3.8, 4) is 23.6 Å². The molecule has 0 radical (unpaired) electrons. The molecule has 0 N–H and O–H groups in total. The van der Waals surface area contributed by atoms with E-state index in [1.165, 1.54) is 12.1 Å². The van der Waals surface area contributed by atoms with E-state index in [4.69, 9.17) is 43.2 Å². The number of halogens is 2. The molecule has 1 aliphatic rings. The van der Waals surface area contributed by atoms with Gasteiger partial charge < -0.3 is 9.47 Å². The van der Waals surface area contributed by atoms with Crippen LogP contribution in [0, 0.1) is 22.7 Å². The maximum Gasteiger partial charge on any atom is 0.222 e. The summed E-state index contributed by atoms with van der Waals surface area (Å²) < 4.78 is 10.5. The molecule has 0 saturated heterocycles. The van der Waals surface area contributed by atoms with Crippen LogP contribution in [0.15, 0.2) is 12.1 Å². The molecule has 16 heavy (non-hydrogen) atoms. The average Bonchev–Trinajstić information content (AvgIpc) is 2.29. The summed E-state index contributed by atoms with van der Waals surface area (Å²) >= 11 is 11.5. The lowest BCUT2D eigenvalue weighted by molar-refractivity contribution is 0.117. The van der Waals surface area contributed by atoms with Crippen LogP contribution in [-0.4, -0.2) is 11.1 Å². The van der Waals surface area contributed by atoms with Gasteiger partial charge in [-0.25, -0.2) is 0 Å². The minimum atomic E-state index is -0.825. The Morgan fingerprint density at radius 3 is 1.62 bits per heavy atom. The third-order valence-electron chi connectivity index (χ3n) is 2.01. The number of ether oxygens (including phenoxy) is 2. The monoisotopic (exact) mass is 254 g/mol. The van der Waals surface area contributed by atoms with Crippen LogP contribution >= 0.6 is 23.2 Å². The Morgan fingerprint density at radius 2 is 1.31 bits per heavy atom. The number of fused-ring (bicyclic) bond motifs is 1. The van der Waals surface area contributed by atoms with Gasteiger partial charge in [0.15, 0.2) is 11.5 Å². The zero-order chi connectivity index (χ0) is 11.7. The van der Waals surface area contributed by atoms with Crippen LogP contribution in [0.2, 0.25) is 0 Å². The van der Waals surface area contributed by atoms with Crippen LogP contribution in [0.4, 0.5) is 0 Å². The quantitative estimate of drug-likeness (QED) is 0.667. The Labute approximate surface area is 102 Å². The summed E-state index contributed by atoms with van der Waals surface area (Å²) in [6.07, 6.45) is 0. The highest BCUT2D eigenvalue weighted by Crippen LogP contribution is 2.38. The normalized spacial score (nSPS) is 22.0. The second-order valence-corrected chi connectivity index (χ2v) is 3.87. The molecular weight excluding hydrogens is 251 g/mol. The number of benzene rings is 1. The van der Waals surface area contributed by atoms with Crippen molar-refractivity contribution in [2.45, 2.75) is 11.1 Å². The fraction of sp³-hybridized carbons (Fsp3) is 0.200. The fourth-order valence-corrected chi connectivity index (χ4v) is 1.57. The first-order chi connectivity index (χ1) is 7.65. The zero-order valence-corrected chi connectivity index (χ0v) is 9.29. The molecular formula is C10H4Cl2N2O2. The van der Waals surface area contributed by atoms with Gasteiger partial charge in [-0.15, -0.1) is 0 Å². The Morgan fingerprint density at radius 1 is 0.938 bits per heavy atom. The van der Waals surface area contributed by atoms with Crippen molar-refractivity contribution >= 4 is 23.2 Å². The van der Waals surface area contributed by atoms with Crippen LogP contribution in [0.3, 0.4) is 0 Å². The maximum atomic E-state index is 8.81. The third kappa shape index (κ3) is 1.74. The average molecular weight is 255 g/mol. The molecule has 1 heterocycles. The molecule has 0 aliphatic carbocycles. The molecule has 0 bridgehead atoms. The molecule has 2 atom stereocenters. The summed E-state index contributed by atoms with van der Waals surface area (Å²) in [6, 6.07) is 6.59. The van der Waals surface area contributed by atoms with Gasteiger partial charge in [-0.2, -0.15) is 10.5 Å². The molecule has 0 amide bonds. The minimum Gasteiger partial charge on any atom is -0.465 e. The van der Waals surface area contributed by atoms with Crippen molar-refractivity contribution in [2.75, 3.05) is 0 Å². The van der Waals surface area contributed by atoms with Crippen LogP contribution < -0.4 is 9.47 Å². The van der Waals surface area contributed by atoms with E-state index >= 15 is 0 Å². The molecule has 1 aliphatic heterocycles. The first-order valence-corrected chi connectivity index (χ1v) is 5.12. The highest BCUT2D eigenvalue weighted by atomic mass is 35.5. The molecule has 80 valence electrons. The minimum absolute atomic E-state index is 0.210. The molecule has 1 aromatic carbocycles. The third-order valence-corrected chi connectivity index (χ3v) is 2.77. The van der Waals surface area contributed by atoms with Gasteiger partial charge in [-0.1, -0.05) is 23.2 Å². The summed E-state index contributed by atoms with van der Waals surface area (Å²) in [5.41, 5.74) is -1.23. The van der Waals surface area contributed by atoms with E-state index in [2.05, 4.69) is 0 Å². The van der Waals surface area contributed by atoms with E-state index < -0.39 is 11.1 Å². The Kier molecular flexibility index (Phi) is 2.78. The fourth-order valence-electron chi connectivity index (χ4n) is 1.28. The standard InChI is InChI=1S/C10H4Cl2N2O2/c11-9-10(12)16-8-2-6(4-14)5(3-13)1-7(8)15-9/h1-2,9-10H. The number of alkyl halides is 2. The lowest BCUT2D eigenvalue weighted by atomic mass is 10.1. The van der Waals surface area contributed by atoms with Crippen LogP contribution in [-0.2, 0) is 0 Å². The van der Waals surface area contributed by atoms with E-state index in [1.54, 1.807) is 0 Å². The number of nitrogens with zero attached hydrogens (tertiary/aromatic N) is 2. The predicted molar refractivity (Wildman–Crippen MR) is 56.4 cm³/mol. The molecule has 2 rings (SSSR count). The Bertz CT molecular complexity index is 472. The Hall–Kier alpha value is -1.62. The van der Waals surface area contributed by atoms with Gasteiger partial charge in [-0.05, 0) is 0 Å². The number of hydrogen-bond donors (Lipinski definition) is 0. The largest absolute Gasteiger partial charge is 0.465 e. The van der Waals surface area contributed by atoms with Gasteiger partial charge in [0, 0.05) is 12.1 Å². The topological polar surface area (TPSA) is 66.0 Å². The van der Waals surface area contributed by atoms with Gasteiger partial charge >= 0.3 is 0 Å². The highest BCUT2D eigenvalue weighted by molar-refractivity contribution is 6.29. The van der Waals surface area contributed by atoms with Crippen molar-refractivity contribution < 1.29 is 9.47 Å². The molecule has 0 aromatic heterocycles. The summed E-state index contributed by atoms with van der Waals surface area (Å²) in [5, 5.41) is 17.6. The van der Waals surface area contributed by atoms with Crippen molar-refractivity contribution in [1.29, 1.82) is 10.5 Å². The summed E-state index contributed by atoms with van der Waals surface area (Å²) in [6.45, 7) is 0. The van der Waals surface area contributed by atoms with E-state index in [-0.39, 0.29) is 11.1 Å². The van der Waals surface area contributed by atoms with Crippen LogP contribution in [0.5, 0.6) is 11.5 Å². The van der Waals surface area contributed by atoms with Crippen molar-refractivity contribution in [3.63, 3.8) is 0 Å². The number of nitriles is 2. The molecule has 2 unspecified atom stereocenters. The van der Waals surface area contributed by atoms with Crippen molar-refractivity contribution in [1.82, 2.24) is 0 Å². The van der Waals surface area contributed by atoms with Crippen molar-refractivity contribution in [3.05, 3.63) is 23.3 Å². The molecule has 0 fully saturated rings. The van der Waals surface area contributed by atoms with Crippen LogP contribution in [0.1, 0.15) is 11.1 Å². The molecule has 1 aromatic rings. The van der Waals surface area contributed by atoms with Crippen molar-refractivity contribution in [2.24, 2.45) is 0 Å². The number of hydrogen-bond acceptors (Lipinski definition) is 4. The first-order valence-electron chi connectivity index (χ1n) is 4.25. The van der Waals surface area contributed by atoms with Crippen LogP contribution in [0.25, 0.3) is 0 Å². The highest BCUT2D eigenvalue weighted by Gasteiger charge is 2.29. The lowest BCUT2D eigenvalue weighted by Gasteiger charge is -2.26. The second-order valence-electron chi connectivity index (χ2n) is 3.01. The van der Waals surface area contributed by atoms with Gasteiger partial charge in [0.1, 0.15) is 12.1 Å². The first kappa shape index (κ1) is 10.9. The van der Waals surface area contributed by atoms with Gasteiger partial charge in [0.05, 0.1) is 11.1 Å². The predicted octanol–water partition coefficient (Wildman–Crippen LogP) is 2.33. The van der Waals surface area contributed by atoms with E-state index in [9.17, 15) is 0 Å². The van der Waals surface area contributed by atoms with Gasteiger partial charge in [-0.3, -0.25) is 0 Å². The SMILES string of the molecule is N#Cc1cc2c(cc1C#N)OC(Cl)C(Cl)O2. The van der Waals surface area contributed by atoms with E-state index in [0.717, 1.165) is 0 Å². The van der Waals surface area contributed by atoms with E-state index in [0.29, 0.717) is 11.5 Å². The lowest BCUT2D eigenvalue weighted by Crippen LogP contribution is -2.31. The second kappa shape index (κ2) is 4.09. The summed E-state index contributed by atoms with van der Waals surface area (Å²) in [4.78, 5) is 0. The summed E-state index contributed by atoms with van der Waals surface area (Å²) in [5.74, 6) is 0.625. The molecule has 4 nitrogen and oxygen atoms in total. The van der Waals surface area contributed by atoms with Gasteiger partial charge in [0.25, 0.3) is 0 Å².